The molecule has 0 aliphatic heterocycles. The van der Waals surface area contributed by atoms with E-state index in [1.54, 1.807) is 30.3 Å². The number of hydrogen-bond acceptors (Lipinski definition) is 5. The van der Waals surface area contributed by atoms with Gasteiger partial charge in [0.05, 0.1) is 10.9 Å². The third kappa shape index (κ3) is 4.64. The van der Waals surface area contributed by atoms with Crippen LogP contribution in [0.25, 0.3) is 16.7 Å². The van der Waals surface area contributed by atoms with Crippen LogP contribution >= 0.6 is 11.6 Å². The summed E-state index contributed by atoms with van der Waals surface area (Å²) in [6, 6.07) is 10.7. The number of nitrogens with one attached hydrogen (secondary N) is 1. The summed E-state index contributed by atoms with van der Waals surface area (Å²) in [6.07, 6.45) is 0. The van der Waals surface area contributed by atoms with Gasteiger partial charge in [-0.2, -0.15) is 0 Å². The number of carbonyl (C=O) groups excluding carboxylic acids is 2. The van der Waals surface area contributed by atoms with E-state index in [9.17, 15) is 19.2 Å². The van der Waals surface area contributed by atoms with Crippen molar-refractivity contribution in [3.05, 3.63) is 79.5 Å². The fourth-order valence-electron chi connectivity index (χ4n) is 3.88. The molecule has 10 heteroatoms. The topological polar surface area (TPSA) is 107 Å². The van der Waals surface area contributed by atoms with Crippen LogP contribution in [0.1, 0.15) is 54.5 Å². The highest BCUT2D eigenvalue weighted by molar-refractivity contribution is 6.31. The lowest BCUT2D eigenvalue weighted by Crippen LogP contribution is -2.29. The molecule has 0 radical (unpaired) electrons. The van der Waals surface area contributed by atoms with Crippen LogP contribution < -0.4 is 16.6 Å². The molecule has 1 amide bonds. The van der Waals surface area contributed by atoms with E-state index >= 15 is 0 Å². The summed E-state index contributed by atoms with van der Waals surface area (Å²) in [5, 5.41) is 7.86. The van der Waals surface area contributed by atoms with Gasteiger partial charge in [-0.1, -0.05) is 37.6 Å². The monoisotopic (exact) mass is 495 g/mol. The summed E-state index contributed by atoms with van der Waals surface area (Å²) >= 11 is 5.99. The van der Waals surface area contributed by atoms with Gasteiger partial charge in [0.15, 0.2) is 5.78 Å². The second-order valence-corrected chi connectivity index (χ2v) is 9.55. The van der Waals surface area contributed by atoms with E-state index in [1.807, 2.05) is 27.7 Å². The minimum Gasteiger partial charge on any atom is -0.352 e. The van der Waals surface area contributed by atoms with Gasteiger partial charge in [-0.15, -0.1) is 5.10 Å². The Bertz CT molecular complexity index is 1580. The normalized spacial score (nSPS) is 11.6. The summed E-state index contributed by atoms with van der Waals surface area (Å²) in [5.41, 5.74) is -0.0116. The molecule has 182 valence electrons. The highest BCUT2D eigenvalue weighted by atomic mass is 35.5. The summed E-state index contributed by atoms with van der Waals surface area (Å²) in [7, 11) is 0. The van der Waals surface area contributed by atoms with Gasteiger partial charge in [0, 0.05) is 28.7 Å². The zero-order valence-corrected chi connectivity index (χ0v) is 20.7. The lowest BCUT2D eigenvalue weighted by molar-refractivity contribution is 0.0946. The molecule has 2 aromatic heterocycles. The number of ketones is 1. The Morgan fingerprint density at radius 1 is 1.03 bits per heavy atom. The van der Waals surface area contributed by atoms with E-state index < -0.39 is 5.69 Å². The van der Waals surface area contributed by atoms with Crippen LogP contribution in [0.4, 0.5) is 0 Å². The van der Waals surface area contributed by atoms with Crippen molar-refractivity contribution in [3.8, 4) is 0 Å². The molecule has 0 atom stereocenters. The fraction of sp³-hybridized carbons (Fsp3) is 0.320. The smallest absolute Gasteiger partial charge is 0.352 e. The van der Waals surface area contributed by atoms with Crippen molar-refractivity contribution in [1.29, 1.82) is 0 Å². The molecule has 2 heterocycles. The molecule has 2 aromatic carbocycles. The maximum atomic E-state index is 13.4. The molecule has 0 bridgehead atoms. The standard InChI is InChI=1S/C25H26ClN5O4/c1-14(2)12-27-22(33)17-8-9-19-20(11-17)31-24(30(15(3)4)23(19)34)28-29(25(31)35)13-21(32)16-6-5-7-18(26)10-16/h5-11,14-15H,12-13H2,1-4H3,(H,27,33). The Morgan fingerprint density at radius 2 is 1.77 bits per heavy atom. The summed E-state index contributed by atoms with van der Waals surface area (Å²) in [5.74, 6) is -0.295. The number of nitrogens with zero attached hydrogens (tertiary/aromatic N) is 4. The molecule has 35 heavy (non-hydrogen) atoms. The molecule has 0 aliphatic rings. The summed E-state index contributed by atoms with van der Waals surface area (Å²) in [6.45, 7) is 7.74. The van der Waals surface area contributed by atoms with Crippen LogP contribution in [0.15, 0.2) is 52.1 Å². The van der Waals surface area contributed by atoms with Gasteiger partial charge < -0.3 is 5.32 Å². The Balaban J connectivity index is 1.90. The number of benzene rings is 2. The predicted molar refractivity (Wildman–Crippen MR) is 135 cm³/mol. The van der Waals surface area contributed by atoms with Gasteiger partial charge in [0.1, 0.15) is 6.54 Å². The number of rotatable bonds is 7. The summed E-state index contributed by atoms with van der Waals surface area (Å²) in [4.78, 5) is 52.2. The number of Topliss-reactive ketones (excluding diaryl/α,β-unsaturated/α-hetero) is 1. The van der Waals surface area contributed by atoms with Crippen molar-refractivity contribution in [3.63, 3.8) is 0 Å². The van der Waals surface area contributed by atoms with Crippen LogP contribution in [-0.4, -0.2) is 37.0 Å². The van der Waals surface area contributed by atoms with Gasteiger partial charge in [0.25, 0.3) is 11.5 Å². The SMILES string of the molecule is CC(C)CNC(=O)c1ccc2c(=O)n(C(C)C)c3nn(CC(=O)c4cccc(Cl)c4)c(=O)n3c2c1. The minimum atomic E-state index is -0.588. The maximum absolute atomic E-state index is 13.4. The van der Waals surface area contributed by atoms with Gasteiger partial charge in [-0.25, -0.2) is 13.9 Å². The molecular weight excluding hydrogens is 470 g/mol. The van der Waals surface area contributed by atoms with Crippen LogP contribution in [0, 0.1) is 5.92 Å². The first-order valence-corrected chi connectivity index (χ1v) is 11.7. The molecule has 4 rings (SSSR count). The van der Waals surface area contributed by atoms with Crippen molar-refractivity contribution < 1.29 is 9.59 Å². The van der Waals surface area contributed by atoms with E-state index in [4.69, 9.17) is 11.6 Å². The molecule has 0 aliphatic carbocycles. The Hall–Kier alpha value is -3.72. The van der Waals surface area contributed by atoms with Gasteiger partial charge in [-0.3, -0.25) is 19.0 Å². The third-order valence-electron chi connectivity index (χ3n) is 5.61. The number of halogens is 1. The number of fused-ring (bicyclic) bond motifs is 3. The van der Waals surface area contributed by atoms with Crippen LogP contribution in [0.5, 0.6) is 0 Å². The molecule has 4 aromatic rings. The maximum Gasteiger partial charge on any atom is 0.352 e. The third-order valence-corrected chi connectivity index (χ3v) is 5.85. The van der Waals surface area contributed by atoms with E-state index in [2.05, 4.69) is 10.4 Å². The average molecular weight is 496 g/mol. The molecule has 0 fully saturated rings. The van der Waals surface area contributed by atoms with E-state index in [-0.39, 0.29) is 52.4 Å². The number of amides is 1. The van der Waals surface area contributed by atoms with Crippen LogP contribution in [0.2, 0.25) is 5.02 Å². The second kappa shape index (κ2) is 9.50. The Kier molecular flexibility index (Phi) is 6.62. The zero-order valence-electron chi connectivity index (χ0n) is 19.9. The molecule has 9 nitrogen and oxygen atoms in total. The van der Waals surface area contributed by atoms with Gasteiger partial charge in [0.2, 0.25) is 5.78 Å². The Labute approximate surface area is 205 Å². The number of carbonyl (C=O) groups is 2. The van der Waals surface area contributed by atoms with Crippen molar-refractivity contribution in [1.82, 2.24) is 24.1 Å². The minimum absolute atomic E-state index is 0.0983. The molecular formula is C25H26ClN5O4. The first-order valence-electron chi connectivity index (χ1n) is 11.3. The zero-order chi connectivity index (χ0) is 25.4. The van der Waals surface area contributed by atoms with Crippen molar-refractivity contribution in [2.45, 2.75) is 40.3 Å². The number of aromatic nitrogens is 4. The van der Waals surface area contributed by atoms with Gasteiger partial charge >= 0.3 is 5.69 Å². The van der Waals surface area contributed by atoms with Crippen molar-refractivity contribution >= 4 is 40.0 Å². The van der Waals surface area contributed by atoms with E-state index in [0.29, 0.717) is 22.7 Å². The molecule has 0 spiro atoms. The van der Waals surface area contributed by atoms with Crippen LogP contribution in [-0.2, 0) is 6.54 Å². The predicted octanol–water partition coefficient (Wildman–Crippen LogP) is 3.31. The first-order chi connectivity index (χ1) is 16.6. The van der Waals surface area contributed by atoms with E-state index in [1.165, 1.54) is 21.1 Å². The summed E-state index contributed by atoms with van der Waals surface area (Å²) < 4.78 is 3.71. The first kappa shape index (κ1) is 24.4. The lowest BCUT2D eigenvalue weighted by atomic mass is 10.1. The van der Waals surface area contributed by atoms with Crippen LogP contribution in [0.3, 0.4) is 0 Å². The lowest BCUT2D eigenvalue weighted by Gasteiger charge is -2.13. The van der Waals surface area contributed by atoms with Crippen molar-refractivity contribution in [2.24, 2.45) is 5.92 Å². The quantitative estimate of drug-likeness (QED) is 0.396. The number of hydrogen-bond donors (Lipinski definition) is 1. The molecule has 0 unspecified atom stereocenters. The Morgan fingerprint density at radius 3 is 2.43 bits per heavy atom. The molecule has 0 saturated carbocycles. The fourth-order valence-corrected chi connectivity index (χ4v) is 4.07. The van der Waals surface area contributed by atoms with Gasteiger partial charge in [-0.05, 0) is 50.1 Å². The van der Waals surface area contributed by atoms with E-state index in [0.717, 1.165) is 4.68 Å². The average Bonchev–Trinajstić information content (AvgIpc) is 3.12. The molecule has 1 N–H and O–H groups in total. The van der Waals surface area contributed by atoms with Crippen molar-refractivity contribution in [2.75, 3.05) is 6.54 Å². The molecule has 0 saturated heterocycles. The highest BCUT2D eigenvalue weighted by Gasteiger charge is 2.21. The largest absolute Gasteiger partial charge is 0.352 e. The highest BCUT2D eigenvalue weighted by Crippen LogP contribution is 2.17. The second-order valence-electron chi connectivity index (χ2n) is 9.11.